The van der Waals surface area contributed by atoms with Crippen molar-refractivity contribution >= 4 is 11.6 Å². The van der Waals surface area contributed by atoms with Crippen LogP contribution in [0.2, 0.25) is 0 Å². The van der Waals surface area contributed by atoms with E-state index < -0.39 is 0 Å². The molecule has 1 aliphatic rings. The number of halogens is 1. The molecule has 3 aromatic rings. The van der Waals surface area contributed by atoms with Gasteiger partial charge in [-0.15, -0.1) is 0 Å². The third-order valence-corrected chi connectivity index (χ3v) is 5.35. The average Bonchev–Trinajstić information content (AvgIpc) is 3.34. The molecule has 0 bridgehead atoms. The van der Waals surface area contributed by atoms with Gasteiger partial charge in [0.1, 0.15) is 5.76 Å². The van der Waals surface area contributed by atoms with E-state index in [1.807, 2.05) is 6.07 Å². The topological polar surface area (TPSA) is 54.7 Å². The normalized spacial score (nSPS) is 15.1. The molecule has 30 heavy (non-hydrogen) atoms. The van der Waals surface area contributed by atoms with Gasteiger partial charge in [0.15, 0.2) is 11.6 Å². The number of carbonyl (C=O) groups is 1. The van der Waals surface area contributed by atoms with Crippen LogP contribution in [0.3, 0.4) is 0 Å². The smallest absolute Gasteiger partial charge is 0.254 e. The fourth-order valence-corrected chi connectivity index (χ4v) is 3.80. The Morgan fingerprint density at radius 1 is 1.20 bits per heavy atom. The number of para-hydroxylation sites is 2. The Labute approximate surface area is 175 Å². The minimum atomic E-state index is -0.387. The molecule has 1 amide bonds. The minimum absolute atomic E-state index is 0.176. The van der Waals surface area contributed by atoms with Gasteiger partial charge in [0.25, 0.3) is 5.91 Å². The summed E-state index contributed by atoms with van der Waals surface area (Å²) in [6.07, 6.45) is 3.11. The molecule has 6 heteroatoms. The Morgan fingerprint density at radius 2 is 2.00 bits per heavy atom. The number of carbonyl (C=O) groups excluding carboxylic acids is 1. The highest BCUT2D eigenvalue weighted by Crippen LogP contribution is 2.33. The third-order valence-electron chi connectivity index (χ3n) is 5.35. The second kappa shape index (κ2) is 9.03. The number of nitrogens with zero attached hydrogens (tertiary/aromatic N) is 1. The number of rotatable bonds is 8. The Kier molecular flexibility index (Phi) is 6.02. The van der Waals surface area contributed by atoms with Crippen LogP contribution in [0, 0.1) is 5.82 Å². The van der Waals surface area contributed by atoms with E-state index in [-0.39, 0.29) is 17.5 Å². The lowest BCUT2D eigenvalue weighted by atomic mass is 10.1. The molecule has 0 saturated carbocycles. The van der Waals surface area contributed by atoms with Gasteiger partial charge in [0.2, 0.25) is 0 Å². The second-order valence-corrected chi connectivity index (χ2v) is 7.46. The van der Waals surface area contributed by atoms with E-state index in [4.69, 9.17) is 9.15 Å². The van der Waals surface area contributed by atoms with E-state index in [1.54, 1.807) is 30.5 Å². The Bertz CT molecular complexity index is 1020. The molecule has 0 saturated heterocycles. The first-order chi connectivity index (χ1) is 14.6. The molecule has 5 nitrogen and oxygen atoms in total. The van der Waals surface area contributed by atoms with E-state index in [0.717, 1.165) is 6.42 Å². The van der Waals surface area contributed by atoms with Gasteiger partial charge in [0, 0.05) is 18.3 Å². The van der Waals surface area contributed by atoms with Crippen LogP contribution >= 0.6 is 0 Å². The van der Waals surface area contributed by atoms with Crippen molar-refractivity contribution in [2.45, 2.75) is 32.4 Å². The van der Waals surface area contributed by atoms with Crippen LogP contribution in [0.25, 0.3) is 0 Å². The molecule has 2 heterocycles. The molecular formula is C24H25FN2O3. The Morgan fingerprint density at radius 3 is 2.87 bits per heavy atom. The zero-order chi connectivity index (χ0) is 20.9. The van der Waals surface area contributed by atoms with E-state index in [9.17, 15) is 9.18 Å². The zero-order valence-electron chi connectivity index (χ0n) is 16.9. The molecule has 2 aromatic carbocycles. The van der Waals surface area contributed by atoms with Crippen molar-refractivity contribution in [2.24, 2.45) is 0 Å². The maximum atomic E-state index is 13.5. The number of benzene rings is 2. The maximum Gasteiger partial charge on any atom is 0.254 e. The Balaban J connectivity index is 1.30. The van der Waals surface area contributed by atoms with Crippen molar-refractivity contribution in [3.63, 3.8) is 0 Å². The average molecular weight is 408 g/mol. The molecule has 4 rings (SSSR count). The van der Waals surface area contributed by atoms with Crippen LogP contribution in [0.15, 0.2) is 65.3 Å². The lowest BCUT2D eigenvalue weighted by Gasteiger charge is -2.24. The van der Waals surface area contributed by atoms with E-state index >= 15 is 0 Å². The van der Waals surface area contributed by atoms with Crippen molar-refractivity contribution < 1.29 is 18.3 Å². The first-order valence-corrected chi connectivity index (χ1v) is 10.2. The summed E-state index contributed by atoms with van der Waals surface area (Å²) in [5.41, 5.74) is 3.05. The van der Waals surface area contributed by atoms with Crippen molar-refractivity contribution in [2.75, 3.05) is 18.1 Å². The molecule has 1 N–H and O–H groups in total. The lowest BCUT2D eigenvalue weighted by molar-refractivity contribution is 0.0949. The van der Waals surface area contributed by atoms with E-state index in [0.29, 0.717) is 43.5 Å². The molecule has 156 valence electrons. The Hall–Kier alpha value is -3.28. The van der Waals surface area contributed by atoms with E-state index in [2.05, 4.69) is 35.3 Å². The number of amides is 1. The minimum Gasteiger partial charge on any atom is -0.490 e. The molecule has 0 radical (unpaired) electrons. The van der Waals surface area contributed by atoms with Gasteiger partial charge in [-0.2, -0.15) is 0 Å². The quantitative estimate of drug-likeness (QED) is 0.555. The number of anilines is 1. The predicted octanol–water partition coefficient (Wildman–Crippen LogP) is 4.57. The summed E-state index contributed by atoms with van der Waals surface area (Å²) in [6.45, 7) is 3.48. The number of hydrogen-bond acceptors (Lipinski definition) is 4. The molecule has 1 aliphatic heterocycles. The molecule has 1 aromatic heterocycles. The summed E-state index contributed by atoms with van der Waals surface area (Å²) < 4.78 is 24.6. The highest BCUT2D eigenvalue weighted by molar-refractivity contribution is 5.95. The number of ether oxygens (including phenoxy) is 1. The number of fused-ring (bicyclic) bond motifs is 1. The van der Waals surface area contributed by atoms with Gasteiger partial charge in [-0.1, -0.05) is 30.3 Å². The molecule has 1 atom stereocenters. The molecule has 0 fully saturated rings. The SMILES string of the molecule is CC1Cc2ccccc2N1Cc1occc1C(=O)NCCCOc1ccccc1F. The van der Waals surface area contributed by atoms with Gasteiger partial charge >= 0.3 is 0 Å². The summed E-state index contributed by atoms with van der Waals surface area (Å²) in [4.78, 5) is 14.9. The van der Waals surface area contributed by atoms with Gasteiger partial charge in [-0.25, -0.2) is 4.39 Å². The van der Waals surface area contributed by atoms with Crippen LogP contribution in [0.1, 0.15) is 35.0 Å². The fourth-order valence-electron chi connectivity index (χ4n) is 3.80. The summed E-state index contributed by atoms with van der Waals surface area (Å²) in [7, 11) is 0. The maximum absolute atomic E-state index is 13.5. The van der Waals surface area contributed by atoms with Crippen molar-refractivity contribution in [1.29, 1.82) is 0 Å². The standard InChI is InChI=1S/C24H25FN2O3/c1-17-15-18-7-2-4-9-21(18)27(17)16-23-19(11-14-30-23)24(28)26-12-6-13-29-22-10-5-3-8-20(22)25/h2-5,7-11,14,17H,6,12-13,15-16H2,1H3,(H,26,28). The van der Waals surface area contributed by atoms with Gasteiger partial charge in [-0.05, 0) is 49.6 Å². The van der Waals surface area contributed by atoms with Crippen molar-refractivity contribution in [3.8, 4) is 5.75 Å². The van der Waals surface area contributed by atoms with Crippen LogP contribution in [-0.4, -0.2) is 25.1 Å². The third kappa shape index (κ3) is 4.32. The van der Waals surface area contributed by atoms with E-state index in [1.165, 1.54) is 17.3 Å². The van der Waals surface area contributed by atoms with Crippen LogP contribution in [0.5, 0.6) is 5.75 Å². The highest BCUT2D eigenvalue weighted by atomic mass is 19.1. The van der Waals surface area contributed by atoms with Crippen LogP contribution < -0.4 is 15.0 Å². The number of hydrogen-bond donors (Lipinski definition) is 1. The predicted molar refractivity (Wildman–Crippen MR) is 113 cm³/mol. The van der Waals surface area contributed by atoms with Crippen LogP contribution in [0.4, 0.5) is 10.1 Å². The number of nitrogens with one attached hydrogen (secondary N) is 1. The zero-order valence-corrected chi connectivity index (χ0v) is 16.9. The molecule has 1 unspecified atom stereocenters. The van der Waals surface area contributed by atoms with Gasteiger partial charge < -0.3 is 19.4 Å². The first-order valence-electron chi connectivity index (χ1n) is 10.2. The highest BCUT2D eigenvalue weighted by Gasteiger charge is 2.27. The van der Waals surface area contributed by atoms with Crippen molar-refractivity contribution in [3.05, 3.63) is 83.6 Å². The first kappa shape index (κ1) is 20.0. The summed E-state index contributed by atoms with van der Waals surface area (Å²) in [5, 5.41) is 2.89. The molecular weight excluding hydrogens is 383 g/mol. The largest absolute Gasteiger partial charge is 0.490 e. The second-order valence-electron chi connectivity index (χ2n) is 7.46. The fraction of sp³-hybridized carbons (Fsp3) is 0.292. The number of furan rings is 1. The van der Waals surface area contributed by atoms with Crippen molar-refractivity contribution in [1.82, 2.24) is 5.32 Å². The van der Waals surface area contributed by atoms with Crippen LogP contribution in [-0.2, 0) is 13.0 Å². The monoisotopic (exact) mass is 408 g/mol. The summed E-state index contributed by atoms with van der Waals surface area (Å²) >= 11 is 0. The lowest BCUT2D eigenvalue weighted by Crippen LogP contribution is -2.30. The molecule has 0 aliphatic carbocycles. The van der Waals surface area contributed by atoms with Gasteiger partial charge in [0.05, 0.1) is 25.0 Å². The summed E-state index contributed by atoms with van der Waals surface area (Å²) in [6, 6.07) is 16.7. The summed E-state index contributed by atoms with van der Waals surface area (Å²) in [5.74, 6) is 0.312. The van der Waals surface area contributed by atoms with Gasteiger partial charge in [-0.3, -0.25) is 4.79 Å². The molecule has 0 spiro atoms.